The van der Waals surface area contributed by atoms with Crippen molar-refractivity contribution in [3.8, 4) is 11.8 Å². The van der Waals surface area contributed by atoms with Gasteiger partial charge in [-0.25, -0.2) is 0 Å². The quantitative estimate of drug-likeness (QED) is 0.843. The van der Waals surface area contributed by atoms with Crippen molar-refractivity contribution in [2.45, 2.75) is 25.4 Å². The lowest BCUT2D eigenvalue weighted by Crippen LogP contribution is -2.43. The zero-order valence-electron chi connectivity index (χ0n) is 9.82. The first-order chi connectivity index (χ1) is 7.72. The predicted molar refractivity (Wildman–Crippen MR) is 61.9 cm³/mol. The Bertz CT molecular complexity index is 349. The number of nitrogens with zero attached hydrogens (tertiary/aromatic N) is 1. The number of piperidine rings is 1. The standard InChI is InChI=1S/C12H18N2O2/c1-12(6-8-13-9-7-12)16-11-5-3-4-10(14-11)15-2/h3-5,13H,6-9H2,1-2H3. The largest absolute Gasteiger partial charge is 0.481 e. The molecule has 2 rings (SSSR count). The normalized spacial score (nSPS) is 19.1. The third-order valence-corrected chi connectivity index (χ3v) is 2.92. The van der Waals surface area contributed by atoms with Gasteiger partial charge in [0.2, 0.25) is 11.8 Å². The lowest BCUT2D eigenvalue weighted by Gasteiger charge is -2.34. The monoisotopic (exact) mass is 222 g/mol. The number of methoxy groups -OCH3 is 1. The van der Waals surface area contributed by atoms with Crippen LogP contribution in [0.3, 0.4) is 0 Å². The van der Waals surface area contributed by atoms with Gasteiger partial charge in [0, 0.05) is 12.1 Å². The van der Waals surface area contributed by atoms with Gasteiger partial charge in [0.05, 0.1) is 7.11 Å². The molecule has 0 atom stereocenters. The summed E-state index contributed by atoms with van der Waals surface area (Å²) in [5.74, 6) is 1.23. The lowest BCUT2D eigenvalue weighted by atomic mass is 9.95. The van der Waals surface area contributed by atoms with Crippen LogP contribution in [0.15, 0.2) is 18.2 Å². The maximum atomic E-state index is 5.95. The first kappa shape index (κ1) is 11.2. The fourth-order valence-corrected chi connectivity index (χ4v) is 1.88. The average molecular weight is 222 g/mol. The van der Waals surface area contributed by atoms with Gasteiger partial charge in [0.1, 0.15) is 5.60 Å². The topological polar surface area (TPSA) is 43.4 Å². The van der Waals surface area contributed by atoms with Crippen LogP contribution in [0.1, 0.15) is 19.8 Å². The summed E-state index contributed by atoms with van der Waals surface area (Å²) in [5.41, 5.74) is -0.107. The molecule has 0 spiro atoms. The van der Waals surface area contributed by atoms with Crippen LogP contribution in [-0.2, 0) is 0 Å². The van der Waals surface area contributed by atoms with Crippen LogP contribution in [-0.4, -0.2) is 30.8 Å². The second kappa shape index (κ2) is 4.70. The number of hydrogen-bond acceptors (Lipinski definition) is 4. The van der Waals surface area contributed by atoms with Gasteiger partial charge < -0.3 is 14.8 Å². The molecule has 88 valence electrons. The molecule has 1 aliphatic heterocycles. The molecule has 4 nitrogen and oxygen atoms in total. The molecular formula is C12H18N2O2. The van der Waals surface area contributed by atoms with E-state index in [2.05, 4.69) is 17.2 Å². The highest BCUT2D eigenvalue weighted by Crippen LogP contribution is 2.25. The summed E-state index contributed by atoms with van der Waals surface area (Å²) in [5, 5.41) is 3.32. The molecule has 0 amide bonds. The van der Waals surface area contributed by atoms with Crippen LogP contribution in [0.2, 0.25) is 0 Å². The predicted octanol–water partition coefficient (Wildman–Crippen LogP) is 1.61. The Kier molecular flexibility index (Phi) is 3.29. The smallest absolute Gasteiger partial charge is 0.217 e. The first-order valence-electron chi connectivity index (χ1n) is 5.63. The third-order valence-electron chi connectivity index (χ3n) is 2.92. The van der Waals surface area contributed by atoms with E-state index in [-0.39, 0.29) is 5.60 Å². The van der Waals surface area contributed by atoms with E-state index in [4.69, 9.17) is 9.47 Å². The second-order valence-electron chi connectivity index (χ2n) is 4.32. The molecule has 0 unspecified atom stereocenters. The van der Waals surface area contributed by atoms with Crippen LogP contribution in [0, 0.1) is 0 Å². The summed E-state index contributed by atoms with van der Waals surface area (Å²) in [6.07, 6.45) is 2.01. The van der Waals surface area contributed by atoms with Gasteiger partial charge in [-0.15, -0.1) is 0 Å². The minimum atomic E-state index is -0.107. The summed E-state index contributed by atoms with van der Waals surface area (Å²) in [7, 11) is 1.61. The van der Waals surface area contributed by atoms with Crippen LogP contribution in [0.5, 0.6) is 11.8 Å². The van der Waals surface area contributed by atoms with E-state index < -0.39 is 0 Å². The van der Waals surface area contributed by atoms with E-state index in [0.29, 0.717) is 11.8 Å². The zero-order valence-corrected chi connectivity index (χ0v) is 9.82. The molecule has 0 saturated carbocycles. The van der Waals surface area contributed by atoms with Crippen LogP contribution < -0.4 is 14.8 Å². The molecule has 16 heavy (non-hydrogen) atoms. The maximum Gasteiger partial charge on any atom is 0.217 e. The molecule has 4 heteroatoms. The molecule has 1 N–H and O–H groups in total. The molecule has 0 bridgehead atoms. The second-order valence-corrected chi connectivity index (χ2v) is 4.32. The number of ether oxygens (including phenoxy) is 2. The van der Waals surface area contributed by atoms with Crippen molar-refractivity contribution >= 4 is 0 Å². The third kappa shape index (κ3) is 2.64. The summed E-state index contributed by atoms with van der Waals surface area (Å²) in [4.78, 5) is 4.27. The van der Waals surface area contributed by atoms with Gasteiger partial charge in [-0.1, -0.05) is 6.07 Å². The SMILES string of the molecule is COc1cccc(OC2(C)CCNCC2)n1. The van der Waals surface area contributed by atoms with Gasteiger partial charge in [0.25, 0.3) is 0 Å². The Morgan fingerprint density at radius 1 is 1.25 bits per heavy atom. The Morgan fingerprint density at radius 2 is 1.94 bits per heavy atom. The highest BCUT2D eigenvalue weighted by molar-refractivity contribution is 5.20. The molecule has 1 aromatic rings. The van der Waals surface area contributed by atoms with E-state index in [1.165, 1.54) is 0 Å². The van der Waals surface area contributed by atoms with Gasteiger partial charge in [-0.2, -0.15) is 4.98 Å². The minimum absolute atomic E-state index is 0.107. The maximum absolute atomic E-state index is 5.95. The van der Waals surface area contributed by atoms with E-state index in [0.717, 1.165) is 25.9 Å². The molecule has 2 heterocycles. The molecule has 1 aromatic heterocycles. The van der Waals surface area contributed by atoms with Gasteiger partial charge in [-0.05, 0) is 32.9 Å². The van der Waals surface area contributed by atoms with Crippen molar-refractivity contribution in [3.05, 3.63) is 18.2 Å². The summed E-state index contributed by atoms with van der Waals surface area (Å²) in [6, 6.07) is 5.58. The molecule has 0 radical (unpaired) electrons. The lowest BCUT2D eigenvalue weighted by molar-refractivity contribution is 0.0503. The van der Waals surface area contributed by atoms with Gasteiger partial charge in [0.15, 0.2) is 0 Å². The molecule has 0 aliphatic carbocycles. The number of rotatable bonds is 3. The highest BCUT2D eigenvalue weighted by Gasteiger charge is 2.29. The summed E-state index contributed by atoms with van der Waals surface area (Å²) >= 11 is 0. The molecule has 1 fully saturated rings. The van der Waals surface area contributed by atoms with Crippen molar-refractivity contribution in [1.29, 1.82) is 0 Å². The highest BCUT2D eigenvalue weighted by atomic mass is 16.5. The van der Waals surface area contributed by atoms with Crippen molar-refractivity contribution < 1.29 is 9.47 Å². The average Bonchev–Trinajstić information content (AvgIpc) is 2.29. The Morgan fingerprint density at radius 3 is 2.62 bits per heavy atom. The number of pyridine rings is 1. The van der Waals surface area contributed by atoms with Crippen molar-refractivity contribution in [2.75, 3.05) is 20.2 Å². The molecular weight excluding hydrogens is 204 g/mol. The number of aromatic nitrogens is 1. The first-order valence-corrected chi connectivity index (χ1v) is 5.63. The number of hydrogen-bond donors (Lipinski definition) is 1. The Labute approximate surface area is 96.0 Å². The van der Waals surface area contributed by atoms with Crippen LogP contribution in [0.25, 0.3) is 0 Å². The van der Waals surface area contributed by atoms with E-state index in [9.17, 15) is 0 Å². The van der Waals surface area contributed by atoms with Crippen LogP contribution >= 0.6 is 0 Å². The Hall–Kier alpha value is -1.29. The molecule has 1 aliphatic rings. The molecule has 0 aromatic carbocycles. The van der Waals surface area contributed by atoms with E-state index in [1.54, 1.807) is 7.11 Å². The van der Waals surface area contributed by atoms with E-state index >= 15 is 0 Å². The van der Waals surface area contributed by atoms with Gasteiger partial charge in [-0.3, -0.25) is 0 Å². The summed E-state index contributed by atoms with van der Waals surface area (Å²) in [6.45, 7) is 4.13. The van der Waals surface area contributed by atoms with Crippen LogP contribution in [0.4, 0.5) is 0 Å². The van der Waals surface area contributed by atoms with Crippen molar-refractivity contribution in [1.82, 2.24) is 10.3 Å². The number of nitrogens with one attached hydrogen (secondary N) is 1. The fraction of sp³-hybridized carbons (Fsp3) is 0.583. The minimum Gasteiger partial charge on any atom is -0.481 e. The zero-order chi connectivity index (χ0) is 11.4. The van der Waals surface area contributed by atoms with Crippen molar-refractivity contribution in [2.24, 2.45) is 0 Å². The molecule has 1 saturated heterocycles. The Balaban J connectivity index is 2.07. The van der Waals surface area contributed by atoms with Gasteiger partial charge >= 0.3 is 0 Å². The fourth-order valence-electron chi connectivity index (χ4n) is 1.88. The van der Waals surface area contributed by atoms with Crippen molar-refractivity contribution in [3.63, 3.8) is 0 Å². The summed E-state index contributed by atoms with van der Waals surface area (Å²) < 4.78 is 11.0. The van der Waals surface area contributed by atoms with E-state index in [1.807, 2.05) is 18.2 Å².